The van der Waals surface area contributed by atoms with Crippen LogP contribution in [0.5, 0.6) is 5.75 Å². The van der Waals surface area contributed by atoms with Crippen molar-refractivity contribution in [1.29, 1.82) is 0 Å². The third-order valence-corrected chi connectivity index (χ3v) is 2.03. The molecule has 0 atom stereocenters. The summed E-state index contributed by atoms with van der Waals surface area (Å²) in [4.78, 5) is 0. The minimum Gasteiger partial charge on any atom is -0.482 e. The molecule has 6 nitrogen and oxygen atoms in total. The molecule has 0 radical (unpaired) electrons. The van der Waals surface area contributed by atoms with Crippen LogP contribution in [0, 0.1) is 0 Å². The standard InChI is InChI=1S/C10H14N4O2/c1-11-4-8-3-9(16-13-8)7-15-10-5-12-14(2)6-10/h3,5-6,11H,4,7H2,1-2H3. The van der Waals surface area contributed by atoms with Crippen LogP contribution in [-0.4, -0.2) is 22.0 Å². The molecule has 0 bridgehead atoms. The van der Waals surface area contributed by atoms with Crippen molar-refractivity contribution < 1.29 is 9.26 Å². The lowest BCUT2D eigenvalue weighted by atomic mass is 10.4. The Morgan fingerprint density at radius 2 is 2.44 bits per heavy atom. The van der Waals surface area contributed by atoms with E-state index in [-0.39, 0.29) is 0 Å². The van der Waals surface area contributed by atoms with Crippen LogP contribution >= 0.6 is 0 Å². The van der Waals surface area contributed by atoms with Crippen molar-refractivity contribution in [3.05, 3.63) is 29.9 Å². The number of ether oxygens (including phenoxy) is 1. The molecule has 0 aliphatic carbocycles. The maximum absolute atomic E-state index is 5.47. The lowest BCUT2D eigenvalue weighted by Gasteiger charge is -1.97. The quantitative estimate of drug-likeness (QED) is 0.807. The zero-order valence-electron chi connectivity index (χ0n) is 9.30. The lowest BCUT2D eigenvalue weighted by Crippen LogP contribution is -2.04. The highest BCUT2D eigenvalue weighted by Crippen LogP contribution is 2.11. The van der Waals surface area contributed by atoms with Gasteiger partial charge in [0.05, 0.1) is 18.1 Å². The molecule has 2 heterocycles. The maximum Gasteiger partial charge on any atom is 0.174 e. The van der Waals surface area contributed by atoms with E-state index in [2.05, 4.69) is 15.6 Å². The van der Waals surface area contributed by atoms with Gasteiger partial charge in [0.15, 0.2) is 11.5 Å². The molecular weight excluding hydrogens is 208 g/mol. The molecule has 0 aliphatic rings. The van der Waals surface area contributed by atoms with E-state index in [1.807, 2.05) is 20.2 Å². The van der Waals surface area contributed by atoms with E-state index in [9.17, 15) is 0 Å². The summed E-state index contributed by atoms with van der Waals surface area (Å²) in [6.45, 7) is 1.05. The van der Waals surface area contributed by atoms with Gasteiger partial charge >= 0.3 is 0 Å². The van der Waals surface area contributed by atoms with Gasteiger partial charge in [-0.05, 0) is 7.05 Å². The highest BCUT2D eigenvalue weighted by Gasteiger charge is 2.04. The van der Waals surface area contributed by atoms with Gasteiger partial charge in [-0.1, -0.05) is 5.16 Å². The van der Waals surface area contributed by atoms with Crippen molar-refractivity contribution in [2.75, 3.05) is 7.05 Å². The number of rotatable bonds is 5. The lowest BCUT2D eigenvalue weighted by molar-refractivity contribution is 0.248. The number of nitrogens with zero attached hydrogens (tertiary/aromatic N) is 3. The fourth-order valence-corrected chi connectivity index (χ4v) is 1.32. The molecule has 16 heavy (non-hydrogen) atoms. The van der Waals surface area contributed by atoms with Crippen molar-refractivity contribution >= 4 is 0 Å². The molecule has 0 unspecified atom stereocenters. The summed E-state index contributed by atoms with van der Waals surface area (Å²) in [5.41, 5.74) is 0.868. The van der Waals surface area contributed by atoms with Crippen molar-refractivity contribution in [3.63, 3.8) is 0 Å². The highest BCUT2D eigenvalue weighted by atomic mass is 16.5. The van der Waals surface area contributed by atoms with Gasteiger partial charge in [-0.3, -0.25) is 4.68 Å². The first-order chi connectivity index (χ1) is 7.78. The molecule has 2 rings (SSSR count). The van der Waals surface area contributed by atoms with E-state index in [1.54, 1.807) is 17.1 Å². The topological polar surface area (TPSA) is 65.1 Å². The predicted molar refractivity (Wildman–Crippen MR) is 56.8 cm³/mol. The van der Waals surface area contributed by atoms with Crippen LogP contribution in [0.1, 0.15) is 11.5 Å². The van der Waals surface area contributed by atoms with E-state index in [0.717, 1.165) is 5.69 Å². The first kappa shape index (κ1) is 10.7. The summed E-state index contributed by atoms with van der Waals surface area (Å²) < 4.78 is 12.3. The van der Waals surface area contributed by atoms with Gasteiger partial charge in [0.25, 0.3) is 0 Å². The molecule has 0 spiro atoms. The Morgan fingerprint density at radius 1 is 1.56 bits per heavy atom. The van der Waals surface area contributed by atoms with Crippen LogP contribution < -0.4 is 10.1 Å². The Morgan fingerprint density at radius 3 is 3.12 bits per heavy atom. The second kappa shape index (κ2) is 4.80. The van der Waals surface area contributed by atoms with Gasteiger partial charge in [0.2, 0.25) is 0 Å². The number of hydrogen-bond donors (Lipinski definition) is 1. The second-order valence-corrected chi connectivity index (χ2v) is 3.45. The van der Waals surface area contributed by atoms with E-state index in [0.29, 0.717) is 24.7 Å². The smallest absolute Gasteiger partial charge is 0.174 e. The van der Waals surface area contributed by atoms with E-state index in [1.165, 1.54) is 0 Å². The maximum atomic E-state index is 5.47. The summed E-state index contributed by atoms with van der Waals surface area (Å²) in [7, 11) is 3.70. The molecule has 2 aromatic rings. The Hall–Kier alpha value is -1.82. The molecular formula is C10H14N4O2. The van der Waals surface area contributed by atoms with E-state index in [4.69, 9.17) is 9.26 Å². The average Bonchev–Trinajstić information content (AvgIpc) is 2.85. The van der Waals surface area contributed by atoms with Gasteiger partial charge in [-0.25, -0.2) is 0 Å². The monoisotopic (exact) mass is 222 g/mol. The van der Waals surface area contributed by atoms with Gasteiger partial charge in [-0.2, -0.15) is 5.10 Å². The predicted octanol–water partition coefficient (Wildman–Crippen LogP) is 0.706. The number of aromatic nitrogens is 3. The van der Waals surface area contributed by atoms with Crippen LogP contribution in [0.2, 0.25) is 0 Å². The zero-order chi connectivity index (χ0) is 11.4. The summed E-state index contributed by atoms with van der Waals surface area (Å²) in [5.74, 6) is 1.42. The zero-order valence-corrected chi connectivity index (χ0v) is 9.30. The van der Waals surface area contributed by atoms with Crippen LogP contribution in [0.4, 0.5) is 0 Å². The summed E-state index contributed by atoms with van der Waals surface area (Å²) >= 11 is 0. The van der Waals surface area contributed by atoms with Crippen molar-refractivity contribution in [1.82, 2.24) is 20.3 Å². The Balaban J connectivity index is 1.89. The van der Waals surface area contributed by atoms with Crippen molar-refractivity contribution in [2.45, 2.75) is 13.2 Å². The summed E-state index contributed by atoms with van der Waals surface area (Å²) in [6, 6.07) is 1.87. The minimum atomic E-state index is 0.363. The molecule has 86 valence electrons. The first-order valence-corrected chi connectivity index (χ1v) is 4.98. The van der Waals surface area contributed by atoms with Crippen molar-refractivity contribution in [2.24, 2.45) is 7.05 Å². The van der Waals surface area contributed by atoms with E-state index >= 15 is 0 Å². The number of hydrogen-bond acceptors (Lipinski definition) is 5. The highest BCUT2D eigenvalue weighted by molar-refractivity contribution is 5.12. The Kier molecular flexibility index (Phi) is 3.21. The van der Waals surface area contributed by atoms with Crippen LogP contribution in [0.15, 0.2) is 23.0 Å². The fraction of sp³-hybridized carbons (Fsp3) is 0.400. The number of nitrogens with one attached hydrogen (secondary N) is 1. The second-order valence-electron chi connectivity index (χ2n) is 3.45. The average molecular weight is 222 g/mol. The molecule has 0 fully saturated rings. The largest absolute Gasteiger partial charge is 0.482 e. The molecule has 0 saturated heterocycles. The molecule has 0 saturated carbocycles. The minimum absolute atomic E-state index is 0.363. The normalized spacial score (nSPS) is 10.6. The van der Waals surface area contributed by atoms with Gasteiger partial charge in [0.1, 0.15) is 6.61 Å². The Bertz CT molecular complexity index is 449. The Labute approximate surface area is 93.2 Å². The molecule has 0 amide bonds. The molecule has 0 aliphatic heterocycles. The third kappa shape index (κ3) is 2.60. The molecule has 2 aromatic heterocycles. The molecule has 6 heteroatoms. The van der Waals surface area contributed by atoms with E-state index < -0.39 is 0 Å². The number of aryl methyl sites for hydroxylation is 1. The third-order valence-electron chi connectivity index (χ3n) is 2.03. The van der Waals surface area contributed by atoms with Gasteiger partial charge < -0.3 is 14.6 Å². The van der Waals surface area contributed by atoms with Gasteiger partial charge in [0, 0.05) is 19.7 Å². The summed E-state index contributed by atoms with van der Waals surface area (Å²) in [6.07, 6.45) is 3.45. The summed E-state index contributed by atoms with van der Waals surface area (Å²) in [5, 5.41) is 10.9. The van der Waals surface area contributed by atoms with Crippen molar-refractivity contribution in [3.8, 4) is 5.75 Å². The SMILES string of the molecule is CNCc1cc(COc2cnn(C)c2)on1. The fourth-order valence-electron chi connectivity index (χ4n) is 1.32. The van der Waals surface area contributed by atoms with Crippen LogP contribution in [-0.2, 0) is 20.2 Å². The molecule has 1 N–H and O–H groups in total. The van der Waals surface area contributed by atoms with Crippen LogP contribution in [0.3, 0.4) is 0 Å². The first-order valence-electron chi connectivity index (χ1n) is 4.98. The van der Waals surface area contributed by atoms with Gasteiger partial charge in [-0.15, -0.1) is 0 Å². The van der Waals surface area contributed by atoms with Crippen LogP contribution in [0.25, 0.3) is 0 Å². The molecule has 0 aromatic carbocycles.